The molecule has 1 aliphatic rings. The van der Waals surface area contributed by atoms with Crippen LogP contribution in [0.1, 0.15) is 36.0 Å². The van der Waals surface area contributed by atoms with Crippen molar-refractivity contribution in [3.63, 3.8) is 0 Å². The maximum atomic E-state index is 11.2. The summed E-state index contributed by atoms with van der Waals surface area (Å²) in [7, 11) is 0. The van der Waals surface area contributed by atoms with Crippen LogP contribution in [0.5, 0.6) is 0 Å². The first-order valence-electron chi connectivity index (χ1n) is 7.25. The molecule has 2 heteroatoms. The molecule has 2 aromatic rings. The average molecular weight is 268 g/mol. The molecule has 1 aliphatic carbocycles. The van der Waals surface area contributed by atoms with E-state index in [9.17, 15) is 5.11 Å². The van der Waals surface area contributed by atoms with E-state index in [0.717, 1.165) is 24.0 Å². The van der Waals surface area contributed by atoms with Gasteiger partial charge in [0.2, 0.25) is 0 Å². The fraction of sp³-hybridized carbons (Fsp3) is 0.333. The van der Waals surface area contributed by atoms with E-state index in [1.54, 1.807) is 0 Å². The maximum absolute atomic E-state index is 11.2. The zero-order valence-electron chi connectivity index (χ0n) is 11.8. The number of hydrogen-bond donors (Lipinski definition) is 1. The second-order valence-corrected chi connectivity index (χ2v) is 5.29. The topological polar surface area (TPSA) is 29.5 Å². The molecule has 0 spiro atoms. The van der Waals surface area contributed by atoms with Gasteiger partial charge in [-0.15, -0.1) is 0 Å². The molecule has 0 amide bonds. The summed E-state index contributed by atoms with van der Waals surface area (Å²) >= 11 is 0. The third-order valence-electron chi connectivity index (χ3n) is 4.14. The summed E-state index contributed by atoms with van der Waals surface area (Å²) in [6, 6.07) is 18.2. The Morgan fingerprint density at radius 2 is 1.80 bits per heavy atom. The number of benzene rings is 2. The highest BCUT2D eigenvalue weighted by molar-refractivity contribution is 5.38. The Hall–Kier alpha value is -1.64. The molecule has 2 aromatic carbocycles. The van der Waals surface area contributed by atoms with Gasteiger partial charge in [0.05, 0.1) is 0 Å². The summed E-state index contributed by atoms with van der Waals surface area (Å²) in [5, 5.41) is 11.2. The van der Waals surface area contributed by atoms with Gasteiger partial charge in [0.15, 0.2) is 5.79 Å². The van der Waals surface area contributed by atoms with Crippen LogP contribution < -0.4 is 0 Å². The van der Waals surface area contributed by atoms with Gasteiger partial charge in [0, 0.05) is 18.1 Å². The zero-order valence-corrected chi connectivity index (χ0v) is 11.8. The number of aliphatic hydroxyl groups is 1. The van der Waals surface area contributed by atoms with Crippen LogP contribution in [0.25, 0.3) is 0 Å². The lowest BCUT2D eigenvalue weighted by Gasteiger charge is -2.41. The van der Waals surface area contributed by atoms with Crippen LogP contribution in [0.3, 0.4) is 0 Å². The fourth-order valence-electron chi connectivity index (χ4n) is 3.25. The van der Waals surface area contributed by atoms with Gasteiger partial charge >= 0.3 is 0 Å². The van der Waals surface area contributed by atoms with Crippen LogP contribution in [0.2, 0.25) is 0 Å². The first-order valence-corrected chi connectivity index (χ1v) is 7.25. The summed E-state index contributed by atoms with van der Waals surface area (Å²) in [5.41, 5.74) is 3.25. The largest absolute Gasteiger partial charge is 0.361 e. The SMILES string of the molecule is CCOC1(O)c2ccccc2CCC1c1ccccc1. The van der Waals surface area contributed by atoms with E-state index in [2.05, 4.69) is 18.2 Å². The summed E-state index contributed by atoms with van der Waals surface area (Å²) in [6.45, 7) is 2.42. The van der Waals surface area contributed by atoms with Crippen molar-refractivity contribution in [3.05, 3.63) is 71.3 Å². The lowest BCUT2D eigenvalue weighted by molar-refractivity contribution is -0.231. The Bertz CT molecular complexity index is 579. The molecule has 0 saturated heterocycles. The molecule has 0 aromatic heterocycles. The van der Waals surface area contributed by atoms with E-state index >= 15 is 0 Å². The van der Waals surface area contributed by atoms with Crippen molar-refractivity contribution in [3.8, 4) is 0 Å². The van der Waals surface area contributed by atoms with Crippen LogP contribution in [0, 0.1) is 0 Å². The molecule has 104 valence electrons. The predicted octanol–water partition coefficient (Wildman–Crippen LogP) is 3.60. The van der Waals surface area contributed by atoms with E-state index in [-0.39, 0.29) is 5.92 Å². The Morgan fingerprint density at radius 1 is 1.10 bits per heavy atom. The molecular weight excluding hydrogens is 248 g/mol. The van der Waals surface area contributed by atoms with Crippen molar-refractivity contribution in [1.29, 1.82) is 0 Å². The van der Waals surface area contributed by atoms with E-state index in [1.165, 1.54) is 5.56 Å². The molecular formula is C18H20O2. The quantitative estimate of drug-likeness (QED) is 0.862. The Balaban J connectivity index is 2.09. The van der Waals surface area contributed by atoms with Crippen molar-refractivity contribution in [2.75, 3.05) is 6.61 Å². The van der Waals surface area contributed by atoms with E-state index < -0.39 is 5.79 Å². The second kappa shape index (κ2) is 5.39. The van der Waals surface area contributed by atoms with Gasteiger partial charge in [-0.25, -0.2) is 0 Å². The first-order chi connectivity index (χ1) is 9.75. The summed E-state index contributed by atoms with van der Waals surface area (Å²) in [4.78, 5) is 0. The van der Waals surface area contributed by atoms with Gasteiger partial charge in [0.25, 0.3) is 0 Å². The molecule has 1 N–H and O–H groups in total. The van der Waals surface area contributed by atoms with Crippen molar-refractivity contribution >= 4 is 0 Å². The van der Waals surface area contributed by atoms with Gasteiger partial charge in [-0.2, -0.15) is 0 Å². The highest BCUT2D eigenvalue weighted by Crippen LogP contribution is 2.46. The summed E-state index contributed by atoms with van der Waals surface area (Å²) < 4.78 is 5.82. The highest BCUT2D eigenvalue weighted by Gasteiger charge is 2.44. The van der Waals surface area contributed by atoms with E-state index in [4.69, 9.17) is 4.74 Å². The van der Waals surface area contributed by atoms with Crippen LogP contribution in [-0.2, 0) is 16.9 Å². The number of hydrogen-bond acceptors (Lipinski definition) is 2. The molecule has 2 nitrogen and oxygen atoms in total. The molecule has 0 aliphatic heterocycles. The van der Waals surface area contributed by atoms with Crippen LogP contribution in [-0.4, -0.2) is 11.7 Å². The number of fused-ring (bicyclic) bond motifs is 1. The summed E-state index contributed by atoms with van der Waals surface area (Å²) in [6.07, 6.45) is 1.88. The Labute approximate surface area is 120 Å². The normalized spacial score (nSPS) is 25.2. The van der Waals surface area contributed by atoms with Crippen molar-refractivity contribution in [2.45, 2.75) is 31.5 Å². The standard InChI is InChI=1S/C18H20O2/c1-2-20-18(19)16-11-7-6-10-15(16)12-13-17(18)14-8-4-3-5-9-14/h3-11,17,19H,2,12-13H2,1H3. The molecule has 2 unspecified atom stereocenters. The first kappa shape index (κ1) is 13.3. The zero-order chi connectivity index (χ0) is 14.0. The van der Waals surface area contributed by atoms with Crippen molar-refractivity contribution < 1.29 is 9.84 Å². The Morgan fingerprint density at radius 3 is 2.55 bits per heavy atom. The minimum atomic E-state index is -1.22. The number of aryl methyl sites for hydroxylation is 1. The number of rotatable bonds is 3. The molecule has 20 heavy (non-hydrogen) atoms. The molecule has 3 rings (SSSR count). The second-order valence-electron chi connectivity index (χ2n) is 5.29. The Kier molecular flexibility index (Phi) is 3.60. The highest BCUT2D eigenvalue weighted by atomic mass is 16.6. The maximum Gasteiger partial charge on any atom is 0.199 e. The fourth-order valence-corrected chi connectivity index (χ4v) is 3.25. The molecule has 0 saturated carbocycles. The van der Waals surface area contributed by atoms with Gasteiger partial charge in [-0.05, 0) is 30.9 Å². The lowest BCUT2D eigenvalue weighted by Crippen LogP contribution is -2.40. The lowest BCUT2D eigenvalue weighted by atomic mass is 9.75. The van der Waals surface area contributed by atoms with Gasteiger partial charge in [-0.1, -0.05) is 54.6 Å². The average Bonchev–Trinajstić information content (AvgIpc) is 2.49. The molecule has 0 heterocycles. The number of ether oxygens (including phenoxy) is 1. The van der Waals surface area contributed by atoms with Crippen molar-refractivity contribution in [1.82, 2.24) is 0 Å². The van der Waals surface area contributed by atoms with Crippen LogP contribution >= 0.6 is 0 Å². The molecule has 0 bridgehead atoms. The van der Waals surface area contributed by atoms with Gasteiger partial charge < -0.3 is 9.84 Å². The van der Waals surface area contributed by atoms with Gasteiger partial charge in [-0.3, -0.25) is 0 Å². The monoisotopic (exact) mass is 268 g/mol. The van der Waals surface area contributed by atoms with Crippen molar-refractivity contribution in [2.24, 2.45) is 0 Å². The van der Waals surface area contributed by atoms with Gasteiger partial charge in [0.1, 0.15) is 0 Å². The minimum Gasteiger partial charge on any atom is -0.361 e. The summed E-state index contributed by atoms with van der Waals surface area (Å²) in [5.74, 6) is -1.23. The molecule has 0 radical (unpaired) electrons. The smallest absolute Gasteiger partial charge is 0.199 e. The van der Waals surface area contributed by atoms with Crippen LogP contribution in [0.15, 0.2) is 54.6 Å². The molecule has 2 atom stereocenters. The predicted molar refractivity (Wildman–Crippen MR) is 79.5 cm³/mol. The third-order valence-corrected chi connectivity index (χ3v) is 4.14. The minimum absolute atomic E-state index is 0.0152. The van der Waals surface area contributed by atoms with Crippen LogP contribution in [0.4, 0.5) is 0 Å². The third kappa shape index (κ3) is 2.15. The van der Waals surface area contributed by atoms with E-state index in [1.807, 2.05) is 43.3 Å². The van der Waals surface area contributed by atoms with E-state index in [0.29, 0.717) is 6.61 Å². The molecule has 0 fully saturated rings.